The number of hydrogen-bond donors (Lipinski definition) is 1. The Morgan fingerprint density at radius 3 is 2.28 bits per heavy atom. The second kappa shape index (κ2) is 5.50. The van der Waals surface area contributed by atoms with Crippen molar-refractivity contribution in [2.24, 2.45) is 0 Å². The maximum absolute atomic E-state index is 5.28. The van der Waals surface area contributed by atoms with Crippen LogP contribution in [0.25, 0.3) is 43.2 Å². The Morgan fingerprint density at radius 2 is 1.40 bits per heavy atom. The Balaban J connectivity index is 1.82. The maximum Gasteiger partial charge on any atom is 0.235 e. The van der Waals surface area contributed by atoms with E-state index >= 15 is 0 Å². The molecule has 0 aliphatic heterocycles. The Bertz CT molecular complexity index is 1240. The average Bonchev–Trinajstić information content (AvgIpc) is 3.09. The third-order valence-electron chi connectivity index (χ3n) is 4.76. The highest BCUT2D eigenvalue weighted by atomic mass is 17.2. The Morgan fingerprint density at radius 1 is 0.720 bits per heavy atom. The zero-order valence-electron chi connectivity index (χ0n) is 13.9. The number of nitrogens with one attached hydrogen (secondary N) is 1. The Kier molecular flexibility index (Phi) is 3.15. The first kappa shape index (κ1) is 14.3. The van der Waals surface area contributed by atoms with Crippen molar-refractivity contribution < 1.29 is 9.78 Å². The molecule has 5 rings (SSSR count). The van der Waals surface area contributed by atoms with Crippen LogP contribution in [0.4, 0.5) is 0 Å². The first-order chi connectivity index (χ1) is 12.3. The van der Waals surface area contributed by atoms with Crippen LogP contribution in [0.3, 0.4) is 0 Å². The van der Waals surface area contributed by atoms with Crippen molar-refractivity contribution in [3.8, 4) is 5.88 Å². The molecule has 0 unspecified atom stereocenters. The van der Waals surface area contributed by atoms with Gasteiger partial charge in [-0.25, -0.2) is 0 Å². The van der Waals surface area contributed by atoms with Gasteiger partial charge in [0.2, 0.25) is 5.88 Å². The van der Waals surface area contributed by atoms with Gasteiger partial charge in [-0.05, 0) is 33.9 Å². The lowest BCUT2D eigenvalue weighted by Gasteiger charge is -2.08. The van der Waals surface area contributed by atoms with Gasteiger partial charge in [0, 0.05) is 16.8 Å². The van der Waals surface area contributed by atoms with E-state index in [2.05, 4.69) is 65.6 Å². The summed E-state index contributed by atoms with van der Waals surface area (Å²) in [5.41, 5.74) is 1.07. The molecular formula is C22H17NO2. The monoisotopic (exact) mass is 327 g/mol. The van der Waals surface area contributed by atoms with Crippen LogP contribution in [-0.4, -0.2) is 11.6 Å². The Labute approximate surface area is 144 Å². The minimum Gasteiger partial charge on any atom is -0.322 e. The number of aromatic nitrogens is 1. The van der Waals surface area contributed by atoms with Gasteiger partial charge in [-0.2, -0.15) is 4.89 Å². The van der Waals surface area contributed by atoms with Gasteiger partial charge in [0.1, 0.15) is 0 Å². The highest BCUT2D eigenvalue weighted by molar-refractivity contribution is 6.21. The molecule has 0 atom stereocenters. The molecule has 0 saturated heterocycles. The number of hydrogen-bond acceptors (Lipinski definition) is 2. The highest BCUT2D eigenvalue weighted by Crippen LogP contribution is 2.35. The molecular weight excluding hydrogens is 310 g/mol. The molecule has 0 aliphatic rings. The van der Waals surface area contributed by atoms with Crippen LogP contribution in [0.2, 0.25) is 0 Å². The predicted molar refractivity (Wildman–Crippen MR) is 103 cm³/mol. The molecule has 1 heterocycles. The molecule has 1 aromatic heterocycles. The van der Waals surface area contributed by atoms with Gasteiger partial charge in [0.25, 0.3) is 0 Å². The molecule has 0 spiro atoms. The number of aromatic amines is 1. The average molecular weight is 327 g/mol. The lowest BCUT2D eigenvalue weighted by atomic mass is 9.96. The fraction of sp³-hybridized carbons (Fsp3) is 0.0909. The van der Waals surface area contributed by atoms with Crippen LogP contribution < -0.4 is 4.89 Å². The van der Waals surface area contributed by atoms with Gasteiger partial charge in [-0.15, -0.1) is 0 Å². The molecule has 25 heavy (non-hydrogen) atoms. The van der Waals surface area contributed by atoms with Gasteiger partial charge in [0.15, 0.2) is 0 Å². The molecule has 0 bridgehead atoms. The van der Waals surface area contributed by atoms with E-state index in [0.717, 1.165) is 10.9 Å². The van der Waals surface area contributed by atoms with Crippen LogP contribution in [0.5, 0.6) is 5.88 Å². The van der Waals surface area contributed by atoms with Crippen molar-refractivity contribution in [3.63, 3.8) is 0 Å². The van der Waals surface area contributed by atoms with Crippen LogP contribution >= 0.6 is 0 Å². The maximum atomic E-state index is 5.28. The lowest BCUT2D eigenvalue weighted by molar-refractivity contribution is -0.204. The van der Waals surface area contributed by atoms with E-state index in [9.17, 15) is 0 Å². The first-order valence-corrected chi connectivity index (χ1v) is 8.50. The predicted octanol–water partition coefficient (Wildman–Crippen LogP) is 5.96. The molecule has 4 aromatic carbocycles. The van der Waals surface area contributed by atoms with Crippen molar-refractivity contribution in [3.05, 3.63) is 66.7 Å². The normalized spacial score (nSPS) is 11.7. The Hall–Kier alpha value is -3.04. The van der Waals surface area contributed by atoms with E-state index in [1.165, 1.54) is 32.3 Å². The molecule has 0 fully saturated rings. The van der Waals surface area contributed by atoms with Crippen LogP contribution in [0, 0.1) is 0 Å². The van der Waals surface area contributed by atoms with Crippen molar-refractivity contribution in [2.45, 2.75) is 6.92 Å². The van der Waals surface area contributed by atoms with Crippen LogP contribution in [0.1, 0.15) is 6.92 Å². The smallest absolute Gasteiger partial charge is 0.235 e. The van der Waals surface area contributed by atoms with Crippen molar-refractivity contribution in [1.29, 1.82) is 0 Å². The van der Waals surface area contributed by atoms with E-state index in [4.69, 9.17) is 9.78 Å². The zero-order chi connectivity index (χ0) is 16.8. The van der Waals surface area contributed by atoms with Gasteiger partial charge >= 0.3 is 0 Å². The molecule has 0 aliphatic carbocycles. The van der Waals surface area contributed by atoms with Crippen molar-refractivity contribution >= 4 is 43.2 Å². The standard InChI is InChI=1S/C22H17NO2/c1-2-24-25-21-13-15-8-10-19-18-9-7-14-5-3-4-6-16(14)17(18)11-12-20(19)22(15)23-21/h3-13,23H,2H2,1H3. The van der Waals surface area contributed by atoms with Crippen molar-refractivity contribution in [1.82, 2.24) is 4.98 Å². The van der Waals surface area contributed by atoms with E-state index in [1.807, 2.05) is 13.0 Å². The van der Waals surface area contributed by atoms with E-state index in [0.29, 0.717) is 12.5 Å². The summed E-state index contributed by atoms with van der Waals surface area (Å²) >= 11 is 0. The van der Waals surface area contributed by atoms with Crippen molar-refractivity contribution in [2.75, 3.05) is 6.61 Å². The minimum absolute atomic E-state index is 0.508. The SMILES string of the molecule is CCOOc1cc2ccc3c4ccc5ccccc5c4ccc3c2[nH]1. The summed E-state index contributed by atoms with van der Waals surface area (Å²) < 4.78 is 0. The van der Waals surface area contributed by atoms with Gasteiger partial charge in [-0.3, -0.25) is 0 Å². The second-order valence-corrected chi connectivity index (χ2v) is 6.20. The fourth-order valence-electron chi connectivity index (χ4n) is 3.65. The second-order valence-electron chi connectivity index (χ2n) is 6.20. The number of benzene rings is 4. The molecule has 3 heteroatoms. The van der Waals surface area contributed by atoms with Crippen LogP contribution in [0.15, 0.2) is 66.7 Å². The fourth-order valence-corrected chi connectivity index (χ4v) is 3.65. The molecule has 1 N–H and O–H groups in total. The van der Waals surface area contributed by atoms with E-state index in [-0.39, 0.29) is 0 Å². The van der Waals surface area contributed by atoms with Gasteiger partial charge in [-0.1, -0.05) is 60.7 Å². The van der Waals surface area contributed by atoms with Gasteiger partial charge in [0.05, 0.1) is 12.1 Å². The van der Waals surface area contributed by atoms with E-state index < -0.39 is 0 Å². The lowest BCUT2D eigenvalue weighted by Crippen LogP contribution is -1.95. The third-order valence-corrected chi connectivity index (χ3v) is 4.76. The summed E-state index contributed by atoms with van der Waals surface area (Å²) in [6.45, 7) is 2.41. The highest BCUT2D eigenvalue weighted by Gasteiger charge is 2.10. The number of fused-ring (bicyclic) bond motifs is 7. The number of H-pyrrole nitrogens is 1. The third kappa shape index (κ3) is 2.17. The molecule has 122 valence electrons. The summed E-state index contributed by atoms with van der Waals surface area (Å²) in [7, 11) is 0. The van der Waals surface area contributed by atoms with Crippen LogP contribution in [-0.2, 0) is 4.89 Å². The summed E-state index contributed by atoms with van der Waals surface area (Å²) in [6, 6.07) is 23.6. The first-order valence-electron chi connectivity index (χ1n) is 8.50. The molecule has 0 saturated carbocycles. The summed E-state index contributed by atoms with van der Waals surface area (Å²) in [5, 5.41) is 8.63. The summed E-state index contributed by atoms with van der Waals surface area (Å²) in [4.78, 5) is 13.7. The summed E-state index contributed by atoms with van der Waals surface area (Å²) in [6.07, 6.45) is 0. The quantitative estimate of drug-likeness (QED) is 0.252. The minimum atomic E-state index is 0.508. The molecule has 0 radical (unpaired) electrons. The topological polar surface area (TPSA) is 34.2 Å². The molecule has 5 aromatic rings. The van der Waals surface area contributed by atoms with Gasteiger partial charge < -0.3 is 9.87 Å². The van der Waals surface area contributed by atoms with E-state index in [1.54, 1.807) is 0 Å². The zero-order valence-corrected chi connectivity index (χ0v) is 13.9. The molecule has 0 amide bonds. The largest absolute Gasteiger partial charge is 0.322 e. The number of rotatable bonds is 3. The molecule has 3 nitrogen and oxygen atoms in total. The summed E-state index contributed by atoms with van der Waals surface area (Å²) in [5.74, 6) is 0.628.